The van der Waals surface area contributed by atoms with E-state index >= 15 is 0 Å². The smallest absolute Gasteiger partial charge is 0.453 e. The van der Waals surface area contributed by atoms with E-state index in [-0.39, 0.29) is 6.10 Å². The quantitative estimate of drug-likeness (QED) is 0.785. The molecule has 0 bridgehead atoms. The molecule has 142 valence electrons. The third kappa shape index (κ3) is 4.01. The molecule has 1 atom stereocenters. The third-order valence-corrected chi connectivity index (χ3v) is 5.12. The van der Waals surface area contributed by atoms with Crippen molar-refractivity contribution in [1.82, 2.24) is 4.90 Å². The Morgan fingerprint density at radius 1 is 1.07 bits per heavy atom. The van der Waals surface area contributed by atoms with Gasteiger partial charge in [-0.2, -0.15) is 0 Å². The second-order valence-corrected chi connectivity index (χ2v) is 6.99. The van der Waals surface area contributed by atoms with E-state index in [9.17, 15) is 4.79 Å². The van der Waals surface area contributed by atoms with Crippen LogP contribution in [0.3, 0.4) is 0 Å². The molecule has 2 aliphatic heterocycles. The van der Waals surface area contributed by atoms with Crippen molar-refractivity contribution >= 4 is 17.5 Å². The first-order valence-electron chi connectivity index (χ1n) is 9.46. The van der Waals surface area contributed by atoms with Gasteiger partial charge < -0.3 is 19.5 Å². The molecular formula is C21H24N2O4. The Balaban J connectivity index is 1.41. The predicted octanol–water partition coefficient (Wildman–Crippen LogP) is 4.48. The van der Waals surface area contributed by atoms with Crippen molar-refractivity contribution in [3.63, 3.8) is 0 Å². The van der Waals surface area contributed by atoms with Crippen LogP contribution in [0.25, 0.3) is 0 Å². The standard InChI is InChI=1S/C21H24N2O4/c24-21(25)26-16-7-5-12-22(15-16)13-6-14-23-17-8-1-3-10-19(17)27-20-11-4-2-9-18(20)23/h1-4,8-11,16H,5-7,12-15H2,(H,24,25)/t16-/m1/s1. The van der Waals surface area contributed by atoms with Gasteiger partial charge >= 0.3 is 6.16 Å². The van der Waals surface area contributed by atoms with Crippen LogP contribution >= 0.6 is 0 Å². The van der Waals surface area contributed by atoms with Crippen molar-refractivity contribution in [1.29, 1.82) is 0 Å². The summed E-state index contributed by atoms with van der Waals surface area (Å²) < 4.78 is 11.0. The zero-order valence-corrected chi connectivity index (χ0v) is 15.2. The molecule has 1 fully saturated rings. The third-order valence-electron chi connectivity index (χ3n) is 5.12. The van der Waals surface area contributed by atoms with Crippen molar-refractivity contribution in [3.8, 4) is 11.5 Å². The summed E-state index contributed by atoms with van der Waals surface area (Å²) in [5.41, 5.74) is 2.17. The Kier molecular flexibility index (Phi) is 5.16. The van der Waals surface area contributed by atoms with Gasteiger partial charge in [0.2, 0.25) is 0 Å². The Morgan fingerprint density at radius 3 is 2.41 bits per heavy atom. The SMILES string of the molecule is O=C(O)O[C@@H]1CCCN(CCCN2c3ccccc3Oc3ccccc32)C1. The van der Waals surface area contributed by atoms with Crippen LogP contribution in [0.15, 0.2) is 48.5 Å². The fraction of sp³-hybridized carbons (Fsp3) is 0.381. The van der Waals surface area contributed by atoms with Gasteiger partial charge in [-0.05, 0) is 56.6 Å². The second-order valence-electron chi connectivity index (χ2n) is 6.99. The van der Waals surface area contributed by atoms with Gasteiger partial charge in [-0.3, -0.25) is 4.90 Å². The van der Waals surface area contributed by atoms with E-state index in [1.54, 1.807) is 0 Å². The molecule has 0 saturated carbocycles. The van der Waals surface area contributed by atoms with Gasteiger partial charge in [0.1, 0.15) is 6.10 Å². The van der Waals surface area contributed by atoms with E-state index in [2.05, 4.69) is 21.9 Å². The maximum absolute atomic E-state index is 10.8. The first-order valence-corrected chi connectivity index (χ1v) is 9.46. The number of ether oxygens (including phenoxy) is 2. The van der Waals surface area contributed by atoms with Gasteiger partial charge in [-0.15, -0.1) is 0 Å². The molecule has 2 aromatic rings. The van der Waals surface area contributed by atoms with Crippen molar-refractivity contribution in [2.45, 2.75) is 25.4 Å². The lowest BCUT2D eigenvalue weighted by atomic mass is 10.1. The number of fused-ring (bicyclic) bond motifs is 2. The molecule has 0 aromatic heterocycles. The van der Waals surface area contributed by atoms with Crippen molar-refractivity contribution in [2.24, 2.45) is 0 Å². The Hall–Kier alpha value is -2.73. The topological polar surface area (TPSA) is 62.2 Å². The first-order chi connectivity index (χ1) is 13.2. The number of piperidine rings is 1. The van der Waals surface area contributed by atoms with E-state index in [1.165, 1.54) is 0 Å². The molecule has 1 N–H and O–H groups in total. The number of hydrogen-bond acceptors (Lipinski definition) is 5. The number of para-hydroxylation sites is 4. The maximum Gasteiger partial charge on any atom is 0.506 e. The normalized spacial score (nSPS) is 19.0. The molecule has 0 spiro atoms. The molecule has 6 nitrogen and oxygen atoms in total. The highest BCUT2D eigenvalue weighted by molar-refractivity contribution is 5.77. The number of anilines is 2. The fourth-order valence-corrected chi connectivity index (χ4v) is 3.93. The van der Waals surface area contributed by atoms with Crippen LogP contribution in [0.1, 0.15) is 19.3 Å². The van der Waals surface area contributed by atoms with Gasteiger partial charge in [0, 0.05) is 13.1 Å². The summed E-state index contributed by atoms with van der Waals surface area (Å²) >= 11 is 0. The second kappa shape index (κ2) is 7.88. The number of carbonyl (C=O) groups is 1. The summed E-state index contributed by atoms with van der Waals surface area (Å²) in [5.74, 6) is 1.76. The lowest BCUT2D eigenvalue weighted by Crippen LogP contribution is -2.41. The number of nitrogens with zero attached hydrogens (tertiary/aromatic N) is 2. The summed E-state index contributed by atoms with van der Waals surface area (Å²) in [5, 5.41) is 8.82. The first kappa shape index (κ1) is 17.7. The number of rotatable bonds is 5. The number of hydrogen-bond donors (Lipinski definition) is 1. The zero-order valence-electron chi connectivity index (χ0n) is 15.2. The highest BCUT2D eigenvalue weighted by Gasteiger charge is 2.25. The molecular weight excluding hydrogens is 344 g/mol. The molecule has 0 unspecified atom stereocenters. The van der Waals surface area contributed by atoms with Crippen molar-refractivity contribution in [2.75, 3.05) is 31.1 Å². The lowest BCUT2D eigenvalue weighted by molar-refractivity contribution is 0.0135. The maximum atomic E-state index is 10.8. The highest BCUT2D eigenvalue weighted by atomic mass is 16.7. The Morgan fingerprint density at radius 2 is 1.74 bits per heavy atom. The molecule has 2 heterocycles. The molecule has 6 heteroatoms. The van der Waals surface area contributed by atoms with Gasteiger partial charge in [0.05, 0.1) is 11.4 Å². The van der Waals surface area contributed by atoms with Gasteiger partial charge in [-0.1, -0.05) is 24.3 Å². The Labute approximate surface area is 158 Å². The van der Waals surface area contributed by atoms with Crippen molar-refractivity contribution < 1.29 is 19.4 Å². The number of likely N-dealkylation sites (tertiary alicyclic amines) is 1. The summed E-state index contributed by atoms with van der Waals surface area (Å²) in [6, 6.07) is 16.2. The van der Waals surface area contributed by atoms with Gasteiger partial charge in [0.25, 0.3) is 0 Å². The zero-order chi connectivity index (χ0) is 18.6. The summed E-state index contributed by atoms with van der Waals surface area (Å²) in [6.45, 7) is 3.47. The summed E-state index contributed by atoms with van der Waals surface area (Å²) in [6.07, 6.45) is 1.38. The highest BCUT2D eigenvalue weighted by Crippen LogP contribution is 2.46. The molecule has 2 aromatic carbocycles. The summed E-state index contributed by atoms with van der Waals surface area (Å²) in [7, 11) is 0. The number of carboxylic acid groups (broad SMARTS) is 1. The Bertz CT molecular complexity index is 765. The van der Waals surface area contributed by atoms with Crippen LogP contribution in [0, 0.1) is 0 Å². The molecule has 27 heavy (non-hydrogen) atoms. The molecule has 0 amide bonds. The van der Waals surface area contributed by atoms with Crippen LogP contribution < -0.4 is 9.64 Å². The molecule has 0 aliphatic carbocycles. The minimum Gasteiger partial charge on any atom is -0.453 e. The van der Waals surface area contributed by atoms with Crippen LogP contribution in [0.2, 0.25) is 0 Å². The molecule has 0 radical (unpaired) electrons. The van der Waals surface area contributed by atoms with E-state index in [0.717, 1.165) is 61.8 Å². The van der Waals surface area contributed by atoms with Gasteiger partial charge in [0.15, 0.2) is 11.5 Å². The molecule has 4 rings (SSSR count). The molecule has 1 saturated heterocycles. The minimum absolute atomic E-state index is 0.207. The van der Waals surface area contributed by atoms with E-state index < -0.39 is 6.16 Å². The number of benzene rings is 2. The summed E-state index contributed by atoms with van der Waals surface area (Å²) in [4.78, 5) is 15.4. The molecule has 2 aliphatic rings. The largest absolute Gasteiger partial charge is 0.506 e. The van der Waals surface area contributed by atoms with E-state index in [4.69, 9.17) is 14.6 Å². The van der Waals surface area contributed by atoms with E-state index in [1.807, 2.05) is 36.4 Å². The average molecular weight is 368 g/mol. The van der Waals surface area contributed by atoms with Gasteiger partial charge in [-0.25, -0.2) is 4.79 Å². The van der Waals surface area contributed by atoms with Crippen LogP contribution in [0.5, 0.6) is 11.5 Å². The predicted molar refractivity (Wildman–Crippen MR) is 103 cm³/mol. The average Bonchev–Trinajstić information content (AvgIpc) is 2.67. The van der Waals surface area contributed by atoms with Crippen LogP contribution in [-0.2, 0) is 4.74 Å². The van der Waals surface area contributed by atoms with E-state index in [0.29, 0.717) is 6.54 Å². The monoisotopic (exact) mass is 368 g/mol. The van der Waals surface area contributed by atoms with Crippen LogP contribution in [-0.4, -0.2) is 48.4 Å². The van der Waals surface area contributed by atoms with Crippen LogP contribution in [0.4, 0.5) is 16.2 Å². The minimum atomic E-state index is -1.18. The fourth-order valence-electron chi connectivity index (χ4n) is 3.93. The lowest BCUT2D eigenvalue weighted by Gasteiger charge is -2.34. The van der Waals surface area contributed by atoms with Crippen molar-refractivity contribution in [3.05, 3.63) is 48.5 Å².